The Hall–Kier alpha value is -1.06. The van der Waals surface area contributed by atoms with Crippen molar-refractivity contribution in [3.63, 3.8) is 0 Å². The number of phenols is 1. The SMILES string of the molecule is NCC1CCCC1NCCc1ccc(O)cc1. The summed E-state index contributed by atoms with van der Waals surface area (Å²) in [4.78, 5) is 0. The number of hydrogen-bond donors (Lipinski definition) is 3. The Bertz CT molecular complexity index is 337. The first-order chi connectivity index (χ1) is 8.29. The summed E-state index contributed by atoms with van der Waals surface area (Å²) in [5, 5.41) is 12.8. The molecule has 4 N–H and O–H groups in total. The lowest BCUT2D eigenvalue weighted by Gasteiger charge is -2.19. The van der Waals surface area contributed by atoms with Gasteiger partial charge in [0.15, 0.2) is 0 Å². The third-order valence-corrected chi connectivity index (χ3v) is 3.72. The Balaban J connectivity index is 1.74. The van der Waals surface area contributed by atoms with E-state index in [0.717, 1.165) is 19.5 Å². The molecule has 1 aliphatic carbocycles. The van der Waals surface area contributed by atoms with Gasteiger partial charge in [-0.3, -0.25) is 0 Å². The molecule has 94 valence electrons. The number of hydrogen-bond acceptors (Lipinski definition) is 3. The summed E-state index contributed by atoms with van der Waals surface area (Å²) in [5.74, 6) is 0.996. The van der Waals surface area contributed by atoms with Crippen LogP contribution in [0.5, 0.6) is 5.75 Å². The molecule has 1 aromatic carbocycles. The number of rotatable bonds is 5. The zero-order valence-corrected chi connectivity index (χ0v) is 10.2. The summed E-state index contributed by atoms with van der Waals surface area (Å²) in [7, 11) is 0. The molecule has 1 fully saturated rings. The summed E-state index contributed by atoms with van der Waals surface area (Å²) >= 11 is 0. The van der Waals surface area contributed by atoms with Gasteiger partial charge in [-0.1, -0.05) is 18.6 Å². The van der Waals surface area contributed by atoms with Crippen molar-refractivity contribution in [2.75, 3.05) is 13.1 Å². The summed E-state index contributed by atoms with van der Waals surface area (Å²) in [5.41, 5.74) is 7.02. The summed E-state index contributed by atoms with van der Waals surface area (Å²) in [6, 6.07) is 8.05. The summed E-state index contributed by atoms with van der Waals surface area (Å²) < 4.78 is 0. The Morgan fingerprint density at radius 3 is 2.71 bits per heavy atom. The molecule has 0 aromatic heterocycles. The van der Waals surface area contributed by atoms with Crippen molar-refractivity contribution in [2.24, 2.45) is 11.7 Å². The van der Waals surface area contributed by atoms with Crippen molar-refractivity contribution >= 4 is 0 Å². The topological polar surface area (TPSA) is 58.3 Å². The molecule has 2 rings (SSSR count). The van der Waals surface area contributed by atoms with Crippen LogP contribution in [0.15, 0.2) is 24.3 Å². The molecule has 1 saturated carbocycles. The maximum absolute atomic E-state index is 9.19. The van der Waals surface area contributed by atoms with Crippen LogP contribution >= 0.6 is 0 Å². The van der Waals surface area contributed by atoms with E-state index in [1.807, 2.05) is 12.1 Å². The molecule has 0 heterocycles. The predicted molar refractivity (Wildman–Crippen MR) is 70.0 cm³/mol. The van der Waals surface area contributed by atoms with Crippen LogP contribution in [-0.4, -0.2) is 24.2 Å². The molecule has 2 unspecified atom stereocenters. The van der Waals surface area contributed by atoms with E-state index in [1.54, 1.807) is 12.1 Å². The van der Waals surface area contributed by atoms with Gasteiger partial charge in [0.05, 0.1) is 0 Å². The minimum atomic E-state index is 0.334. The molecule has 0 radical (unpaired) electrons. The molecule has 2 atom stereocenters. The number of nitrogens with one attached hydrogen (secondary N) is 1. The molecule has 0 bridgehead atoms. The largest absolute Gasteiger partial charge is 0.508 e. The van der Waals surface area contributed by atoms with Gasteiger partial charge in [0.1, 0.15) is 5.75 Å². The fourth-order valence-corrected chi connectivity index (χ4v) is 2.65. The normalized spacial score (nSPS) is 24.1. The highest BCUT2D eigenvalue weighted by atomic mass is 16.3. The van der Waals surface area contributed by atoms with Crippen LogP contribution in [-0.2, 0) is 6.42 Å². The molecule has 0 spiro atoms. The molecule has 3 heteroatoms. The van der Waals surface area contributed by atoms with E-state index in [2.05, 4.69) is 5.32 Å². The van der Waals surface area contributed by atoms with Crippen molar-refractivity contribution in [1.29, 1.82) is 0 Å². The Labute approximate surface area is 103 Å². The molecule has 1 aliphatic rings. The lowest BCUT2D eigenvalue weighted by molar-refractivity contribution is 0.410. The van der Waals surface area contributed by atoms with Crippen LogP contribution in [0.4, 0.5) is 0 Å². The lowest BCUT2D eigenvalue weighted by Crippen LogP contribution is -2.37. The molecular formula is C14H22N2O. The van der Waals surface area contributed by atoms with Crippen molar-refractivity contribution in [3.8, 4) is 5.75 Å². The fraction of sp³-hybridized carbons (Fsp3) is 0.571. The van der Waals surface area contributed by atoms with E-state index in [9.17, 15) is 5.11 Å². The van der Waals surface area contributed by atoms with Gasteiger partial charge in [0.2, 0.25) is 0 Å². The number of phenolic OH excluding ortho intramolecular Hbond substituents is 1. The second kappa shape index (κ2) is 6.03. The smallest absolute Gasteiger partial charge is 0.115 e. The van der Waals surface area contributed by atoms with Gasteiger partial charge < -0.3 is 16.2 Å². The van der Waals surface area contributed by atoms with E-state index < -0.39 is 0 Å². The van der Waals surface area contributed by atoms with Gasteiger partial charge >= 0.3 is 0 Å². The minimum Gasteiger partial charge on any atom is -0.508 e. The molecule has 17 heavy (non-hydrogen) atoms. The van der Waals surface area contributed by atoms with Crippen LogP contribution in [0.3, 0.4) is 0 Å². The van der Waals surface area contributed by atoms with Gasteiger partial charge in [-0.05, 0) is 56.0 Å². The van der Waals surface area contributed by atoms with Gasteiger partial charge in [0.25, 0.3) is 0 Å². The van der Waals surface area contributed by atoms with Crippen LogP contribution in [0.25, 0.3) is 0 Å². The van der Waals surface area contributed by atoms with Gasteiger partial charge in [0, 0.05) is 6.04 Å². The van der Waals surface area contributed by atoms with Crippen molar-refractivity contribution < 1.29 is 5.11 Å². The van der Waals surface area contributed by atoms with Crippen LogP contribution in [0.2, 0.25) is 0 Å². The van der Waals surface area contributed by atoms with Crippen molar-refractivity contribution in [3.05, 3.63) is 29.8 Å². The highest BCUT2D eigenvalue weighted by molar-refractivity contribution is 5.25. The number of benzene rings is 1. The van der Waals surface area contributed by atoms with Crippen molar-refractivity contribution in [1.82, 2.24) is 5.32 Å². The molecule has 0 saturated heterocycles. The minimum absolute atomic E-state index is 0.334. The Kier molecular flexibility index (Phi) is 4.40. The highest BCUT2D eigenvalue weighted by Gasteiger charge is 2.24. The van der Waals surface area contributed by atoms with Gasteiger partial charge in [-0.15, -0.1) is 0 Å². The quantitative estimate of drug-likeness (QED) is 0.726. The average Bonchev–Trinajstić information content (AvgIpc) is 2.79. The van der Waals surface area contributed by atoms with E-state index in [0.29, 0.717) is 17.7 Å². The maximum atomic E-state index is 9.19. The van der Waals surface area contributed by atoms with Crippen LogP contribution in [0, 0.1) is 5.92 Å². The van der Waals surface area contributed by atoms with Crippen LogP contribution in [0.1, 0.15) is 24.8 Å². The first kappa shape index (κ1) is 12.4. The first-order valence-electron chi connectivity index (χ1n) is 6.51. The second-order valence-electron chi connectivity index (χ2n) is 4.90. The predicted octanol–water partition coefficient (Wildman–Crippen LogP) is 1.65. The molecular weight excluding hydrogens is 212 g/mol. The van der Waals surface area contributed by atoms with Gasteiger partial charge in [-0.2, -0.15) is 0 Å². The van der Waals surface area contributed by atoms with Crippen molar-refractivity contribution in [2.45, 2.75) is 31.7 Å². The molecule has 1 aromatic rings. The van der Waals surface area contributed by atoms with Gasteiger partial charge in [-0.25, -0.2) is 0 Å². The van der Waals surface area contributed by atoms with E-state index in [1.165, 1.54) is 24.8 Å². The molecule has 0 aliphatic heterocycles. The second-order valence-corrected chi connectivity index (χ2v) is 4.90. The monoisotopic (exact) mass is 234 g/mol. The van der Waals surface area contributed by atoms with E-state index in [4.69, 9.17) is 5.73 Å². The lowest BCUT2D eigenvalue weighted by atomic mass is 10.0. The average molecular weight is 234 g/mol. The Morgan fingerprint density at radius 2 is 2.00 bits per heavy atom. The molecule has 3 nitrogen and oxygen atoms in total. The number of aromatic hydroxyl groups is 1. The summed E-state index contributed by atoms with van der Waals surface area (Å²) in [6.07, 6.45) is 4.84. The summed E-state index contributed by atoms with van der Waals surface area (Å²) in [6.45, 7) is 1.79. The Morgan fingerprint density at radius 1 is 1.24 bits per heavy atom. The third-order valence-electron chi connectivity index (χ3n) is 3.72. The zero-order valence-electron chi connectivity index (χ0n) is 10.2. The molecule has 0 amide bonds. The first-order valence-corrected chi connectivity index (χ1v) is 6.51. The maximum Gasteiger partial charge on any atom is 0.115 e. The van der Waals surface area contributed by atoms with E-state index >= 15 is 0 Å². The number of nitrogens with two attached hydrogens (primary N) is 1. The third kappa shape index (κ3) is 3.45. The van der Waals surface area contributed by atoms with Crippen LogP contribution < -0.4 is 11.1 Å². The fourth-order valence-electron chi connectivity index (χ4n) is 2.65. The highest BCUT2D eigenvalue weighted by Crippen LogP contribution is 2.24. The zero-order chi connectivity index (χ0) is 12.1. The van der Waals surface area contributed by atoms with E-state index in [-0.39, 0.29) is 0 Å². The standard InChI is InChI=1S/C14H22N2O/c15-10-12-2-1-3-14(12)16-9-8-11-4-6-13(17)7-5-11/h4-7,12,14,16-17H,1-3,8-10,15H2.